The number of halogens is 1. The molecular formula is C27H29ClN4O5. The molecule has 1 atom stereocenters. The maximum atomic E-state index is 13.7. The predicted octanol–water partition coefficient (Wildman–Crippen LogP) is 3.50. The Morgan fingerprint density at radius 1 is 1.16 bits per heavy atom. The van der Waals surface area contributed by atoms with Crippen LogP contribution in [-0.4, -0.2) is 58.3 Å². The average molecular weight is 525 g/mol. The van der Waals surface area contributed by atoms with Crippen molar-refractivity contribution in [3.63, 3.8) is 0 Å². The summed E-state index contributed by atoms with van der Waals surface area (Å²) in [7, 11) is 1.57. The maximum Gasteiger partial charge on any atom is 0.358 e. The molecule has 1 aromatic heterocycles. The van der Waals surface area contributed by atoms with Gasteiger partial charge in [-0.05, 0) is 44.0 Å². The molecule has 0 saturated heterocycles. The lowest BCUT2D eigenvalue weighted by Crippen LogP contribution is -2.64. The van der Waals surface area contributed by atoms with Gasteiger partial charge in [-0.1, -0.05) is 41.9 Å². The summed E-state index contributed by atoms with van der Waals surface area (Å²) < 4.78 is 11.9. The Morgan fingerprint density at radius 3 is 2.59 bits per heavy atom. The van der Waals surface area contributed by atoms with Gasteiger partial charge in [-0.3, -0.25) is 14.3 Å². The normalized spacial score (nSPS) is 16.8. The number of ether oxygens (including phenoxy) is 2. The lowest BCUT2D eigenvalue weighted by Gasteiger charge is -2.43. The number of amides is 2. The fraction of sp³-hybridized carbons (Fsp3) is 0.333. The van der Waals surface area contributed by atoms with E-state index in [1.807, 2.05) is 36.4 Å². The van der Waals surface area contributed by atoms with Gasteiger partial charge in [0.25, 0.3) is 5.91 Å². The van der Waals surface area contributed by atoms with Crippen LogP contribution in [0.25, 0.3) is 0 Å². The number of rotatable bonds is 9. The number of fused-ring (bicyclic) bond motifs is 1. The Bertz CT molecular complexity index is 1310. The van der Waals surface area contributed by atoms with Crippen molar-refractivity contribution in [2.24, 2.45) is 0 Å². The summed E-state index contributed by atoms with van der Waals surface area (Å²) in [5.41, 5.74) is 0.772. The van der Waals surface area contributed by atoms with Crippen molar-refractivity contribution in [2.45, 2.75) is 38.9 Å². The summed E-state index contributed by atoms with van der Waals surface area (Å²) >= 11 is 6.01. The molecule has 2 amide bonds. The van der Waals surface area contributed by atoms with Crippen molar-refractivity contribution >= 4 is 29.4 Å². The van der Waals surface area contributed by atoms with Crippen LogP contribution < -0.4 is 10.1 Å². The highest BCUT2D eigenvalue weighted by molar-refractivity contribution is 6.30. The monoisotopic (exact) mass is 524 g/mol. The Morgan fingerprint density at radius 2 is 1.89 bits per heavy atom. The standard InChI is InChI=1S/C27H29ClN4O5/c1-4-37-25(34)21-15-22-24(33)31(14-13-18-9-11-20(28)12-10-18)27(2,17-32(22)30-21)26(35)29-16-19-7-5-6-8-23(19)36-3/h5-12,15H,4,13-14,16-17H2,1-3H3,(H,29,35)/t27-/m1/s1. The fourth-order valence-corrected chi connectivity index (χ4v) is 4.53. The maximum absolute atomic E-state index is 13.7. The number of carbonyl (C=O) groups is 3. The summed E-state index contributed by atoms with van der Waals surface area (Å²) in [5.74, 6) is -0.701. The molecular weight excluding hydrogens is 496 g/mol. The third-order valence-corrected chi connectivity index (χ3v) is 6.69. The number of aromatic nitrogens is 2. The molecule has 0 unspecified atom stereocenters. The number of carbonyl (C=O) groups excluding carboxylic acids is 3. The van der Waals surface area contributed by atoms with Crippen LogP contribution in [0, 0.1) is 0 Å². The van der Waals surface area contributed by atoms with Gasteiger partial charge in [-0.25, -0.2) is 4.79 Å². The van der Waals surface area contributed by atoms with Crippen molar-refractivity contribution in [1.29, 1.82) is 0 Å². The van der Waals surface area contributed by atoms with Crippen molar-refractivity contribution in [3.8, 4) is 5.75 Å². The van der Waals surface area contributed by atoms with Gasteiger partial charge in [0.2, 0.25) is 5.91 Å². The lowest BCUT2D eigenvalue weighted by molar-refractivity contribution is -0.133. The Labute approximate surface area is 220 Å². The van der Waals surface area contributed by atoms with Crippen LogP contribution in [-0.2, 0) is 29.0 Å². The van der Waals surface area contributed by atoms with E-state index in [2.05, 4.69) is 10.4 Å². The largest absolute Gasteiger partial charge is 0.496 e. The number of esters is 1. The number of methoxy groups -OCH3 is 1. The molecule has 9 nitrogen and oxygen atoms in total. The minimum atomic E-state index is -1.27. The average Bonchev–Trinajstić information content (AvgIpc) is 3.32. The van der Waals surface area contributed by atoms with E-state index >= 15 is 0 Å². The number of nitrogens with zero attached hydrogens (tertiary/aromatic N) is 3. The molecule has 0 bridgehead atoms. The summed E-state index contributed by atoms with van der Waals surface area (Å²) in [6.45, 7) is 4.16. The number of para-hydroxylation sites is 1. The number of hydrogen-bond acceptors (Lipinski definition) is 6. The Kier molecular flexibility index (Phi) is 7.83. The van der Waals surface area contributed by atoms with Crippen LogP contribution in [0.5, 0.6) is 5.75 Å². The van der Waals surface area contributed by atoms with E-state index in [0.717, 1.165) is 11.1 Å². The van der Waals surface area contributed by atoms with E-state index < -0.39 is 17.4 Å². The second-order valence-corrected chi connectivity index (χ2v) is 9.33. The number of hydrogen-bond donors (Lipinski definition) is 1. The van der Waals surface area contributed by atoms with Gasteiger partial charge < -0.3 is 19.7 Å². The number of nitrogens with one attached hydrogen (secondary N) is 1. The first kappa shape index (κ1) is 26.2. The van der Waals surface area contributed by atoms with Gasteiger partial charge in [0, 0.05) is 29.7 Å². The highest BCUT2D eigenvalue weighted by atomic mass is 35.5. The van der Waals surface area contributed by atoms with Crippen LogP contribution in [0.3, 0.4) is 0 Å². The molecule has 4 rings (SSSR count). The highest BCUT2D eigenvalue weighted by Gasteiger charge is 2.48. The summed E-state index contributed by atoms with van der Waals surface area (Å²) in [6.07, 6.45) is 0.511. The molecule has 1 N–H and O–H groups in total. The zero-order valence-electron chi connectivity index (χ0n) is 21.0. The molecule has 194 valence electrons. The van der Waals surface area contributed by atoms with E-state index in [1.54, 1.807) is 38.0 Å². The molecule has 2 aromatic carbocycles. The van der Waals surface area contributed by atoms with Crippen LogP contribution in [0.15, 0.2) is 54.6 Å². The first-order valence-electron chi connectivity index (χ1n) is 12.0. The van der Waals surface area contributed by atoms with Gasteiger partial charge in [-0.15, -0.1) is 0 Å². The van der Waals surface area contributed by atoms with E-state index in [1.165, 1.54) is 10.7 Å². The minimum absolute atomic E-state index is 0.0292. The van der Waals surface area contributed by atoms with E-state index in [9.17, 15) is 14.4 Å². The smallest absolute Gasteiger partial charge is 0.358 e. The second-order valence-electron chi connectivity index (χ2n) is 8.89. The molecule has 0 radical (unpaired) electrons. The lowest BCUT2D eigenvalue weighted by atomic mass is 9.94. The fourth-order valence-electron chi connectivity index (χ4n) is 4.40. The molecule has 0 aliphatic carbocycles. The van der Waals surface area contributed by atoms with Crippen LogP contribution in [0.2, 0.25) is 5.02 Å². The zero-order chi connectivity index (χ0) is 26.6. The first-order valence-corrected chi connectivity index (χ1v) is 12.4. The molecule has 3 aromatic rings. The van der Waals surface area contributed by atoms with Gasteiger partial charge in [0.05, 0.1) is 20.3 Å². The molecule has 0 saturated carbocycles. The number of benzene rings is 2. The Balaban J connectivity index is 1.63. The zero-order valence-corrected chi connectivity index (χ0v) is 21.7. The predicted molar refractivity (Wildman–Crippen MR) is 138 cm³/mol. The van der Waals surface area contributed by atoms with E-state index in [0.29, 0.717) is 17.2 Å². The van der Waals surface area contributed by atoms with Crippen molar-refractivity contribution in [1.82, 2.24) is 20.0 Å². The van der Waals surface area contributed by atoms with Crippen molar-refractivity contribution in [2.75, 3.05) is 20.3 Å². The second kappa shape index (κ2) is 11.0. The SMILES string of the molecule is CCOC(=O)c1cc2n(n1)C[C@](C)(C(=O)NCc1ccccc1OC)N(CCc1ccc(Cl)cc1)C2=O. The van der Waals surface area contributed by atoms with Crippen molar-refractivity contribution in [3.05, 3.63) is 82.1 Å². The third kappa shape index (κ3) is 5.46. The van der Waals surface area contributed by atoms with Crippen molar-refractivity contribution < 1.29 is 23.9 Å². The molecule has 0 fully saturated rings. The molecule has 2 heterocycles. The van der Waals surface area contributed by atoms with Crippen LogP contribution >= 0.6 is 11.6 Å². The Hall–Kier alpha value is -3.85. The molecule has 10 heteroatoms. The highest BCUT2D eigenvalue weighted by Crippen LogP contribution is 2.29. The first-order chi connectivity index (χ1) is 17.8. The topological polar surface area (TPSA) is 103 Å². The minimum Gasteiger partial charge on any atom is -0.496 e. The van der Waals surface area contributed by atoms with Crippen LogP contribution in [0.1, 0.15) is 46.0 Å². The summed E-state index contributed by atoms with van der Waals surface area (Å²) in [6, 6.07) is 16.2. The summed E-state index contributed by atoms with van der Waals surface area (Å²) in [5, 5.41) is 7.86. The van der Waals surface area contributed by atoms with E-state index in [4.69, 9.17) is 21.1 Å². The molecule has 0 spiro atoms. The van der Waals surface area contributed by atoms with Crippen LogP contribution in [0.4, 0.5) is 0 Å². The quantitative estimate of drug-likeness (QED) is 0.430. The molecule has 1 aliphatic heterocycles. The third-order valence-electron chi connectivity index (χ3n) is 6.44. The molecule has 1 aliphatic rings. The van der Waals surface area contributed by atoms with Gasteiger partial charge in [0.1, 0.15) is 17.0 Å². The van der Waals surface area contributed by atoms with Gasteiger partial charge >= 0.3 is 5.97 Å². The molecule has 37 heavy (non-hydrogen) atoms. The van der Waals surface area contributed by atoms with Gasteiger partial charge in [-0.2, -0.15) is 5.10 Å². The van der Waals surface area contributed by atoms with Gasteiger partial charge in [0.15, 0.2) is 5.69 Å². The summed E-state index contributed by atoms with van der Waals surface area (Å²) in [4.78, 5) is 41.2. The van der Waals surface area contributed by atoms with E-state index in [-0.39, 0.29) is 43.5 Å².